The molecule has 0 aliphatic rings. The minimum Gasteiger partial charge on any atom is -0.484 e. The lowest BCUT2D eigenvalue weighted by Gasteiger charge is -2.12. The Morgan fingerprint density at radius 3 is 2.22 bits per heavy atom. The summed E-state index contributed by atoms with van der Waals surface area (Å²) in [7, 11) is 0. The molecular weight excluding hydrogens is 516 g/mol. The second-order valence-corrected chi connectivity index (χ2v) is 7.99. The fraction of sp³-hybridized carbons (Fsp3) is 0.227. The van der Waals surface area contributed by atoms with Gasteiger partial charge in [0, 0.05) is 11.9 Å². The zero-order valence-corrected chi connectivity index (χ0v) is 18.9. The van der Waals surface area contributed by atoms with Gasteiger partial charge in [-0.3, -0.25) is 9.59 Å². The van der Waals surface area contributed by atoms with E-state index in [0.29, 0.717) is 5.01 Å². The van der Waals surface area contributed by atoms with E-state index < -0.39 is 42.3 Å². The standard InChI is InChI=1S/C22H17F6N3O4S/c23-21(24,25)16-4-2-1-3-13(16)9-30-20(33)17-12-36-19(31-17)10-29-18(32)11-34-14-5-7-15(8-6-14)35-22(26,27)28/h1-8,12H,9-11H2,(H,29,32)(H,30,33). The largest absolute Gasteiger partial charge is 0.573 e. The molecule has 36 heavy (non-hydrogen) atoms. The third-order valence-electron chi connectivity index (χ3n) is 4.41. The number of alkyl halides is 6. The summed E-state index contributed by atoms with van der Waals surface area (Å²) in [6, 6.07) is 9.34. The van der Waals surface area contributed by atoms with E-state index in [9.17, 15) is 35.9 Å². The molecule has 7 nitrogen and oxygen atoms in total. The maximum atomic E-state index is 13.1. The molecule has 0 spiro atoms. The van der Waals surface area contributed by atoms with Crippen molar-refractivity contribution < 1.29 is 45.4 Å². The van der Waals surface area contributed by atoms with Crippen molar-refractivity contribution in [3.63, 3.8) is 0 Å². The van der Waals surface area contributed by atoms with E-state index in [1.165, 1.54) is 35.7 Å². The SMILES string of the molecule is O=C(COc1ccc(OC(F)(F)F)cc1)NCc1nc(C(=O)NCc2ccccc2C(F)(F)F)cs1. The summed E-state index contributed by atoms with van der Waals surface area (Å²) in [5, 5.41) is 6.64. The van der Waals surface area contributed by atoms with Gasteiger partial charge < -0.3 is 20.1 Å². The molecule has 0 radical (unpaired) electrons. The average Bonchev–Trinajstić information content (AvgIpc) is 3.28. The van der Waals surface area contributed by atoms with Crippen molar-refractivity contribution in [2.45, 2.75) is 25.6 Å². The Kier molecular flexibility index (Phi) is 8.40. The number of aromatic nitrogens is 1. The summed E-state index contributed by atoms with van der Waals surface area (Å²) >= 11 is 1.06. The maximum absolute atomic E-state index is 13.1. The number of ether oxygens (including phenoxy) is 2. The van der Waals surface area contributed by atoms with Gasteiger partial charge in [0.15, 0.2) is 6.61 Å². The number of hydrogen-bond donors (Lipinski definition) is 2. The molecule has 2 amide bonds. The quantitative estimate of drug-likeness (QED) is 0.390. The van der Waals surface area contributed by atoms with Crippen LogP contribution in [-0.4, -0.2) is 29.8 Å². The van der Waals surface area contributed by atoms with Crippen LogP contribution in [0.3, 0.4) is 0 Å². The van der Waals surface area contributed by atoms with Crippen molar-refractivity contribution in [1.29, 1.82) is 0 Å². The van der Waals surface area contributed by atoms with Gasteiger partial charge in [-0.2, -0.15) is 13.2 Å². The van der Waals surface area contributed by atoms with Gasteiger partial charge in [0.1, 0.15) is 22.2 Å². The number of carbonyl (C=O) groups is 2. The molecule has 0 unspecified atom stereocenters. The van der Waals surface area contributed by atoms with Crippen molar-refractivity contribution in [2.75, 3.05) is 6.61 Å². The molecule has 3 rings (SSSR count). The van der Waals surface area contributed by atoms with Gasteiger partial charge in [-0.25, -0.2) is 4.98 Å². The molecule has 0 aliphatic carbocycles. The Hall–Kier alpha value is -3.81. The van der Waals surface area contributed by atoms with Gasteiger partial charge >= 0.3 is 12.5 Å². The minimum absolute atomic E-state index is 0.0221. The molecule has 0 aliphatic heterocycles. The van der Waals surface area contributed by atoms with Crippen molar-refractivity contribution in [3.05, 3.63) is 75.7 Å². The first-order chi connectivity index (χ1) is 16.9. The number of carbonyl (C=O) groups excluding carboxylic acids is 2. The number of nitrogens with zero attached hydrogens (tertiary/aromatic N) is 1. The maximum Gasteiger partial charge on any atom is 0.573 e. The van der Waals surface area contributed by atoms with Gasteiger partial charge in [0.2, 0.25) is 0 Å². The van der Waals surface area contributed by atoms with Crippen LogP contribution in [0.4, 0.5) is 26.3 Å². The molecular formula is C22H17F6N3O4S. The van der Waals surface area contributed by atoms with Gasteiger partial charge in [-0.15, -0.1) is 24.5 Å². The predicted octanol–water partition coefficient (Wildman–Crippen LogP) is 4.69. The molecule has 0 atom stereocenters. The van der Waals surface area contributed by atoms with Crippen LogP contribution in [0.15, 0.2) is 53.9 Å². The number of amides is 2. The molecule has 0 saturated heterocycles. The van der Waals surface area contributed by atoms with E-state index in [4.69, 9.17) is 4.74 Å². The van der Waals surface area contributed by atoms with Crippen molar-refractivity contribution in [2.24, 2.45) is 0 Å². The fourth-order valence-electron chi connectivity index (χ4n) is 2.83. The highest BCUT2D eigenvalue weighted by atomic mass is 32.1. The molecule has 192 valence electrons. The summed E-state index contributed by atoms with van der Waals surface area (Å²) in [5.74, 6) is -1.54. The van der Waals surface area contributed by atoms with Crippen molar-refractivity contribution >= 4 is 23.2 Å². The van der Waals surface area contributed by atoms with Crippen LogP contribution in [0, 0.1) is 0 Å². The molecule has 0 fully saturated rings. The molecule has 14 heteroatoms. The number of thiazole rings is 1. The highest BCUT2D eigenvalue weighted by Crippen LogP contribution is 2.31. The van der Waals surface area contributed by atoms with Crippen molar-refractivity contribution in [1.82, 2.24) is 15.6 Å². The van der Waals surface area contributed by atoms with Crippen LogP contribution >= 0.6 is 11.3 Å². The van der Waals surface area contributed by atoms with Crippen molar-refractivity contribution in [3.8, 4) is 11.5 Å². The van der Waals surface area contributed by atoms with Gasteiger partial charge in [-0.1, -0.05) is 18.2 Å². The molecule has 1 heterocycles. The summed E-state index contributed by atoms with van der Waals surface area (Å²) in [6.45, 7) is -0.828. The predicted molar refractivity (Wildman–Crippen MR) is 115 cm³/mol. The topological polar surface area (TPSA) is 89.6 Å². The smallest absolute Gasteiger partial charge is 0.484 e. The lowest BCUT2D eigenvalue weighted by molar-refractivity contribution is -0.274. The number of rotatable bonds is 9. The van der Waals surface area contributed by atoms with E-state index in [2.05, 4.69) is 20.4 Å². The minimum atomic E-state index is -4.82. The Labute approximate surface area is 204 Å². The third kappa shape index (κ3) is 8.15. The Morgan fingerprint density at radius 2 is 1.56 bits per heavy atom. The summed E-state index contributed by atoms with van der Waals surface area (Å²) < 4.78 is 84.6. The molecule has 0 saturated carbocycles. The number of halogens is 6. The first-order valence-electron chi connectivity index (χ1n) is 10.0. The Balaban J connectivity index is 1.44. The number of benzene rings is 2. The lowest BCUT2D eigenvalue weighted by atomic mass is 10.1. The Morgan fingerprint density at radius 1 is 0.889 bits per heavy atom. The van der Waals surface area contributed by atoms with Crippen LogP contribution in [-0.2, 0) is 24.1 Å². The van der Waals surface area contributed by atoms with Crippen LogP contribution in [0.5, 0.6) is 11.5 Å². The summed E-state index contributed by atoms with van der Waals surface area (Å²) in [6.07, 6.45) is -9.38. The van der Waals surface area contributed by atoms with Crippen LogP contribution in [0.1, 0.15) is 26.6 Å². The van der Waals surface area contributed by atoms with Gasteiger partial charge in [0.05, 0.1) is 12.1 Å². The van der Waals surface area contributed by atoms with Crippen LogP contribution in [0.25, 0.3) is 0 Å². The molecule has 2 N–H and O–H groups in total. The van der Waals surface area contributed by atoms with E-state index >= 15 is 0 Å². The average molecular weight is 533 g/mol. The molecule has 1 aromatic heterocycles. The highest BCUT2D eigenvalue weighted by molar-refractivity contribution is 7.09. The summed E-state index contributed by atoms with van der Waals surface area (Å²) in [4.78, 5) is 28.3. The zero-order valence-electron chi connectivity index (χ0n) is 18.1. The van der Waals surface area contributed by atoms with E-state index in [-0.39, 0.29) is 30.1 Å². The van der Waals surface area contributed by atoms with Crippen LogP contribution in [0.2, 0.25) is 0 Å². The molecule has 0 bridgehead atoms. The van der Waals surface area contributed by atoms with E-state index in [1.807, 2.05) is 0 Å². The summed E-state index contributed by atoms with van der Waals surface area (Å²) in [5.41, 5.74) is -0.963. The molecule has 2 aromatic carbocycles. The molecule has 3 aromatic rings. The lowest BCUT2D eigenvalue weighted by Crippen LogP contribution is -2.28. The Bertz CT molecular complexity index is 1200. The second kappa shape index (κ2) is 11.3. The monoisotopic (exact) mass is 533 g/mol. The van der Waals surface area contributed by atoms with Gasteiger partial charge in [-0.05, 0) is 35.9 Å². The fourth-order valence-corrected chi connectivity index (χ4v) is 3.54. The van der Waals surface area contributed by atoms with E-state index in [1.54, 1.807) is 0 Å². The highest BCUT2D eigenvalue weighted by Gasteiger charge is 2.33. The first-order valence-corrected chi connectivity index (χ1v) is 10.9. The number of nitrogens with one attached hydrogen (secondary N) is 2. The number of hydrogen-bond acceptors (Lipinski definition) is 6. The zero-order chi connectivity index (χ0) is 26.3. The normalized spacial score (nSPS) is 11.6. The van der Waals surface area contributed by atoms with Gasteiger partial charge in [0.25, 0.3) is 11.8 Å². The first kappa shape index (κ1) is 26.8. The second-order valence-electron chi connectivity index (χ2n) is 7.05. The van der Waals surface area contributed by atoms with E-state index in [0.717, 1.165) is 29.5 Å². The van der Waals surface area contributed by atoms with Crippen LogP contribution < -0.4 is 20.1 Å². The third-order valence-corrected chi connectivity index (χ3v) is 5.26.